The van der Waals surface area contributed by atoms with E-state index in [0.717, 1.165) is 39.2 Å². The van der Waals surface area contributed by atoms with Crippen molar-refractivity contribution in [3.05, 3.63) is 37.0 Å². The van der Waals surface area contributed by atoms with Crippen LogP contribution in [0.1, 0.15) is 51.0 Å². The summed E-state index contributed by atoms with van der Waals surface area (Å²) in [6, 6.07) is 3.69. The first-order chi connectivity index (χ1) is 14.1. The third kappa shape index (κ3) is 4.64. The summed E-state index contributed by atoms with van der Waals surface area (Å²) in [5.74, 6) is 0.657. The molecule has 5 rings (SSSR count). The summed E-state index contributed by atoms with van der Waals surface area (Å²) < 4.78 is 18.4. The van der Waals surface area contributed by atoms with Crippen LogP contribution in [0.2, 0.25) is 0 Å². The lowest BCUT2D eigenvalue weighted by atomic mass is 9.52. The van der Waals surface area contributed by atoms with E-state index in [0.29, 0.717) is 29.6 Å². The summed E-state index contributed by atoms with van der Waals surface area (Å²) in [4.78, 5) is 24.6. The van der Waals surface area contributed by atoms with Gasteiger partial charge in [-0.1, -0.05) is 6.58 Å². The molecule has 4 bridgehead atoms. The average Bonchev–Trinajstić information content (AvgIpc) is 2.59. The van der Waals surface area contributed by atoms with Crippen LogP contribution in [0, 0.1) is 19.0 Å². The topological polar surface area (TPSA) is 82.1 Å². The Balaban J connectivity index is 1.44. The highest BCUT2D eigenvalue weighted by Crippen LogP contribution is 2.58. The molecular formula is C22H24I2O6. The summed E-state index contributed by atoms with van der Waals surface area (Å²) in [5.41, 5.74) is -0.456. The van der Waals surface area contributed by atoms with Gasteiger partial charge >= 0.3 is 12.1 Å². The predicted molar refractivity (Wildman–Crippen MR) is 126 cm³/mol. The van der Waals surface area contributed by atoms with E-state index >= 15 is 0 Å². The lowest BCUT2D eigenvalue weighted by molar-refractivity contribution is -0.205. The van der Waals surface area contributed by atoms with Gasteiger partial charge in [0.2, 0.25) is 0 Å². The van der Waals surface area contributed by atoms with Gasteiger partial charge in [-0.25, -0.2) is 9.59 Å². The van der Waals surface area contributed by atoms with E-state index < -0.39 is 23.3 Å². The minimum Gasteiger partial charge on any atom is -0.429 e. The van der Waals surface area contributed by atoms with Crippen molar-refractivity contribution in [2.24, 2.45) is 11.8 Å². The highest BCUT2D eigenvalue weighted by molar-refractivity contribution is 14.1. The summed E-state index contributed by atoms with van der Waals surface area (Å²) in [6.45, 7) is 5.11. The van der Waals surface area contributed by atoms with E-state index in [1.807, 2.05) is 12.1 Å². The van der Waals surface area contributed by atoms with Crippen LogP contribution in [0.3, 0.4) is 0 Å². The van der Waals surface area contributed by atoms with Gasteiger partial charge in [0.05, 0.1) is 9.17 Å². The summed E-state index contributed by atoms with van der Waals surface area (Å²) in [6.07, 6.45) is 4.06. The van der Waals surface area contributed by atoms with Crippen LogP contribution in [0.4, 0.5) is 4.79 Å². The number of hydrogen-bond acceptors (Lipinski definition) is 6. The lowest BCUT2D eigenvalue weighted by Crippen LogP contribution is -2.60. The van der Waals surface area contributed by atoms with Crippen molar-refractivity contribution in [3.63, 3.8) is 0 Å². The van der Waals surface area contributed by atoms with Crippen LogP contribution in [0.25, 0.3) is 0 Å². The second-order valence-corrected chi connectivity index (χ2v) is 11.5. The van der Waals surface area contributed by atoms with Crippen molar-refractivity contribution in [1.82, 2.24) is 0 Å². The SMILES string of the molecule is C=C(C)C(=O)Oc1c(I)cc(I)cc1COC(=O)OC12CC3CC(CC(O)(C3)C1)C2. The van der Waals surface area contributed by atoms with Crippen molar-refractivity contribution < 1.29 is 28.9 Å². The van der Waals surface area contributed by atoms with Crippen LogP contribution in [-0.2, 0) is 20.9 Å². The Hall–Kier alpha value is -0.880. The third-order valence-electron chi connectivity index (χ3n) is 6.25. The fourth-order valence-electron chi connectivity index (χ4n) is 5.61. The van der Waals surface area contributed by atoms with Gasteiger partial charge in [0, 0.05) is 21.1 Å². The van der Waals surface area contributed by atoms with Crippen LogP contribution in [0.5, 0.6) is 5.75 Å². The maximum absolute atomic E-state index is 12.6. The van der Waals surface area contributed by atoms with E-state index in [1.54, 1.807) is 6.92 Å². The Morgan fingerprint density at radius 2 is 1.87 bits per heavy atom. The number of carbonyl (C=O) groups is 2. The molecule has 0 saturated heterocycles. The zero-order chi connectivity index (χ0) is 21.7. The van der Waals surface area contributed by atoms with E-state index in [-0.39, 0.29) is 12.2 Å². The largest absolute Gasteiger partial charge is 0.509 e. The molecule has 0 aliphatic heterocycles. The number of ether oxygens (including phenoxy) is 3. The van der Waals surface area contributed by atoms with Crippen LogP contribution >= 0.6 is 45.2 Å². The smallest absolute Gasteiger partial charge is 0.429 e. The molecule has 162 valence electrons. The van der Waals surface area contributed by atoms with Gasteiger partial charge in [-0.15, -0.1) is 0 Å². The molecule has 0 spiro atoms. The van der Waals surface area contributed by atoms with Gasteiger partial charge in [-0.05, 0) is 108 Å². The first-order valence-electron chi connectivity index (χ1n) is 10.0. The molecule has 0 radical (unpaired) electrons. The predicted octanol–water partition coefficient (Wildman–Crippen LogP) is 5.11. The molecular weight excluding hydrogens is 614 g/mol. The van der Waals surface area contributed by atoms with E-state index in [4.69, 9.17) is 14.2 Å². The summed E-state index contributed by atoms with van der Waals surface area (Å²) >= 11 is 4.25. The van der Waals surface area contributed by atoms with E-state index in [9.17, 15) is 14.7 Å². The molecule has 4 aliphatic rings. The Morgan fingerprint density at radius 3 is 2.47 bits per heavy atom. The Morgan fingerprint density at radius 1 is 1.20 bits per heavy atom. The van der Waals surface area contributed by atoms with Crippen LogP contribution in [-0.4, -0.2) is 28.4 Å². The molecule has 30 heavy (non-hydrogen) atoms. The fourth-order valence-corrected chi connectivity index (χ4v) is 7.68. The van der Waals surface area contributed by atoms with Crippen LogP contribution in [0.15, 0.2) is 24.3 Å². The molecule has 2 unspecified atom stereocenters. The molecule has 4 fully saturated rings. The monoisotopic (exact) mass is 638 g/mol. The fraction of sp³-hybridized carbons (Fsp3) is 0.545. The first-order valence-corrected chi connectivity index (χ1v) is 12.2. The highest BCUT2D eigenvalue weighted by Gasteiger charge is 2.59. The number of hydrogen-bond donors (Lipinski definition) is 1. The molecule has 4 saturated carbocycles. The average molecular weight is 638 g/mol. The third-order valence-corrected chi connectivity index (χ3v) is 7.67. The molecule has 2 atom stereocenters. The number of halogens is 2. The molecule has 0 heterocycles. The van der Waals surface area contributed by atoms with Crippen molar-refractivity contribution in [2.45, 2.75) is 63.3 Å². The summed E-state index contributed by atoms with van der Waals surface area (Å²) in [7, 11) is 0. The van der Waals surface area contributed by atoms with Gasteiger partial charge in [-0.3, -0.25) is 0 Å². The number of esters is 1. The number of aliphatic hydroxyl groups is 1. The Kier molecular flexibility index (Phi) is 6.13. The van der Waals surface area contributed by atoms with Crippen molar-refractivity contribution in [2.75, 3.05) is 0 Å². The second-order valence-electron chi connectivity index (χ2n) is 9.05. The standard InChI is InChI=1S/C22H24I2O6/c1-12(2)19(25)29-18-15(4-16(23)5-17(18)24)10-28-20(26)30-22-8-13-3-14(9-22)7-21(27,6-13)11-22/h4-5,13-14,27H,1,3,6-11H2,2H3. The minimum atomic E-state index is -0.744. The zero-order valence-electron chi connectivity index (χ0n) is 16.7. The number of benzene rings is 1. The molecule has 1 aromatic carbocycles. The van der Waals surface area contributed by atoms with Gasteiger partial charge in [-0.2, -0.15) is 0 Å². The minimum absolute atomic E-state index is 0.0717. The van der Waals surface area contributed by atoms with Crippen molar-refractivity contribution in [3.8, 4) is 5.75 Å². The molecule has 4 aliphatic carbocycles. The first kappa shape index (κ1) is 22.3. The normalized spacial score (nSPS) is 31.3. The Labute approximate surface area is 203 Å². The van der Waals surface area contributed by atoms with Gasteiger partial charge < -0.3 is 19.3 Å². The maximum Gasteiger partial charge on any atom is 0.509 e. The number of carbonyl (C=O) groups excluding carboxylic acids is 2. The Bertz CT molecular complexity index is 897. The highest BCUT2D eigenvalue weighted by atomic mass is 127. The molecule has 1 N–H and O–H groups in total. The molecule has 1 aromatic rings. The quantitative estimate of drug-likeness (QED) is 0.209. The van der Waals surface area contributed by atoms with Crippen molar-refractivity contribution in [1.29, 1.82) is 0 Å². The summed E-state index contributed by atoms with van der Waals surface area (Å²) in [5, 5.41) is 10.8. The van der Waals surface area contributed by atoms with Crippen LogP contribution < -0.4 is 4.74 Å². The van der Waals surface area contributed by atoms with Crippen molar-refractivity contribution >= 4 is 57.3 Å². The molecule has 0 amide bonds. The zero-order valence-corrected chi connectivity index (χ0v) is 21.0. The second kappa shape index (κ2) is 8.23. The van der Waals surface area contributed by atoms with Gasteiger partial charge in [0.15, 0.2) is 5.75 Å². The number of rotatable bonds is 5. The lowest BCUT2D eigenvalue weighted by Gasteiger charge is -2.58. The molecule has 8 heteroatoms. The van der Waals surface area contributed by atoms with Gasteiger partial charge in [0.25, 0.3) is 0 Å². The van der Waals surface area contributed by atoms with E-state index in [1.165, 1.54) is 0 Å². The van der Waals surface area contributed by atoms with Gasteiger partial charge in [0.1, 0.15) is 12.2 Å². The molecule has 0 aromatic heterocycles. The molecule has 6 nitrogen and oxygen atoms in total. The maximum atomic E-state index is 12.6. The van der Waals surface area contributed by atoms with E-state index in [2.05, 4.69) is 51.8 Å².